The number of carboxylic acid groups (broad SMARTS) is 1. The molecule has 0 spiro atoms. The van der Waals surface area contributed by atoms with E-state index in [-0.39, 0.29) is 12.1 Å². The molecule has 0 aliphatic rings. The van der Waals surface area contributed by atoms with Gasteiger partial charge in [0.15, 0.2) is 0 Å². The summed E-state index contributed by atoms with van der Waals surface area (Å²) in [6, 6.07) is 0. The summed E-state index contributed by atoms with van der Waals surface area (Å²) in [6.07, 6.45) is 42.4. The van der Waals surface area contributed by atoms with E-state index in [0.717, 1.165) is 64.2 Å². The number of hydrogen-bond acceptors (Lipinski definition) is 3. The summed E-state index contributed by atoms with van der Waals surface area (Å²) in [6.45, 7) is 4.29. The fourth-order valence-corrected chi connectivity index (χ4v) is 5.07. The van der Waals surface area contributed by atoms with Crippen LogP contribution in [0.15, 0.2) is 36.5 Å². The predicted molar refractivity (Wildman–Crippen MR) is 176 cm³/mol. The van der Waals surface area contributed by atoms with E-state index in [2.05, 4.69) is 50.3 Å². The highest BCUT2D eigenvalue weighted by Crippen LogP contribution is 2.16. The Hall–Kier alpha value is -1.84. The van der Waals surface area contributed by atoms with Crippen molar-refractivity contribution in [1.82, 2.24) is 0 Å². The Morgan fingerprint density at radius 3 is 1.51 bits per heavy atom. The Bertz CT molecular complexity index is 664. The zero-order chi connectivity index (χ0) is 30.1. The Labute approximate surface area is 254 Å². The highest BCUT2D eigenvalue weighted by Gasteiger charge is 2.12. The number of aliphatic carboxylic acids is 1. The third kappa shape index (κ3) is 32.5. The van der Waals surface area contributed by atoms with Crippen LogP contribution in [0.25, 0.3) is 0 Å². The lowest BCUT2D eigenvalue weighted by atomic mass is 10.0. The molecule has 0 heterocycles. The number of ether oxygens (including phenoxy) is 1. The molecule has 0 rings (SSSR count). The topological polar surface area (TPSA) is 63.6 Å². The van der Waals surface area contributed by atoms with E-state index in [9.17, 15) is 9.59 Å². The number of hydrogen-bond donors (Lipinski definition) is 1. The van der Waals surface area contributed by atoms with Gasteiger partial charge in [-0.15, -0.1) is 0 Å². The van der Waals surface area contributed by atoms with Crippen molar-refractivity contribution in [1.29, 1.82) is 0 Å². The molecule has 0 aromatic rings. The van der Waals surface area contributed by atoms with Gasteiger partial charge in [-0.05, 0) is 64.2 Å². The fraction of sp³-hybridized carbons (Fsp3) is 0.784. The molecule has 4 nitrogen and oxygen atoms in total. The van der Waals surface area contributed by atoms with Crippen LogP contribution in [0.3, 0.4) is 0 Å². The average molecular weight is 575 g/mol. The Balaban J connectivity index is 3.48. The van der Waals surface area contributed by atoms with E-state index in [1.54, 1.807) is 0 Å². The van der Waals surface area contributed by atoms with Crippen LogP contribution in [0.5, 0.6) is 0 Å². The molecular weight excluding hydrogens is 508 g/mol. The van der Waals surface area contributed by atoms with Crippen molar-refractivity contribution < 1.29 is 19.4 Å². The van der Waals surface area contributed by atoms with Gasteiger partial charge < -0.3 is 9.84 Å². The lowest BCUT2D eigenvalue weighted by molar-refractivity contribution is -0.149. The Morgan fingerprint density at radius 1 is 0.561 bits per heavy atom. The van der Waals surface area contributed by atoms with Crippen LogP contribution < -0.4 is 0 Å². The molecular formula is C37H66O4. The quantitative estimate of drug-likeness (QED) is 0.0508. The average Bonchev–Trinajstić information content (AvgIpc) is 2.96. The third-order valence-electron chi connectivity index (χ3n) is 7.70. The zero-order valence-electron chi connectivity index (χ0n) is 27.1. The maximum absolute atomic E-state index is 12.3. The SMILES string of the molecule is CC/C=C\C/C=C\C/C=C\CCCCCCCCCC(=O)OC(CC)CCCCCCCCCCCCCC(=O)O. The largest absolute Gasteiger partial charge is 0.481 e. The minimum Gasteiger partial charge on any atom is -0.481 e. The smallest absolute Gasteiger partial charge is 0.306 e. The van der Waals surface area contributed by atoms with Crippen molar-refractivity contribution in [3.8, 4) is 0 Å². The first-order chi connectivity index (χ1) is 20.1. The van der Waals surface area contributed by atoms with E-state index >= 15 is 0 Å². The number of carbonyl (C=O) groups is 2. The number of allylic oxidation sites excluding steroid dienone is 6. The van der Waals surface area contributed by atoms with Crippen LogP contribution in [0, 0.1) is 0 Å². The minimum absolute atomic E-state index is 0.00105. The van der Waals surface area contributed by atoms with Crippen molar-refractivity contribution >= 4 is 11.9 Å². The van der Waals surface area contributed by atoms with Crippen LogP contribution in [-0.2, 0) is 14.3 Å². The van der Waals surface area contributed by atoms with Gasteiger partial charge in [0.05, 0.1) is 0 Å². The molecule has 238 valence electrons. The standard InChI is InChI=1S/C37H66O4/c1-3-5-6-7-8-9-10-11-12-13-14-15-19-22-25-28-31-34-37(40)41-35(4-2)32-29-26-23-20-17-16-18-21-24-27-30-33-36(38)39/h5-6,8-9,11-12,35H,3-4,7,10,13-34H2,1-2H3,(H,38,39)/b6-5-,9-8-,12-11-. The van der Waals surface area contributed by atoms with Crippen LogP contribution >= 0.6 is 0 Å². The van der Waals surface area contributed by atoms with E-state index in [0.29, 0.717) is 12.8 Å². The molecule has 0 bridgehead atoms. The minimum atomic E-state index is -0.675. The van der Waals surface area contributed by atoms with Gasteiger partial charge in [-0.2, -0.15) is 0 Å². The van der Waals surface area contributed by atoms with Gasteiger partial charge in [-0.1, -0.05) is 140 Å². The molecule has 1 unspecified atom stereocenters. The lowest BCUT2D eigenvalue weighted by Crippen LogP contribution is -2.17. The first-order valence-electron chi connectivity index (χ1n) is 17.5. The molecule has 0 amide bonds. The summed E-state index contributed by atoms with van der Waals surface area (Å²) < 4.78 is 5.76. The first-order valence-corrected chi connectivity index (χ1v) is 17.5. The summed E-state index contributed by atoms with van der Waals surface area (Å²) in [5.41, 5.74) is 0. The van der Waals surface area contributed by atoms with Crippen molar-refractivity contribution in [2.24, 2.45) is 0 Å². The Morgan fingerprint density at radius 2 is 1.00 bits per heavy atom. The molecule has 0 aromatic carbocycles. The second kappa shape index (κ2) is 32.7. The van der Waals surface area contributed by atoms with Crippen molar-refractivity contribution in [2.45, 2.75) is 187 Å². The molecule has 41 heavy (non-hydrogen) atoms. The van der Waals surface area contributed by atoms with E-state index in [1.807, 2.05) is 0 Å². The summed E-state index contributed by atoms with van der Waals surface area (Å²) in [4.78, 5) is 22.8. The molecule has 0 aliphatic carbocycles. The number of unbranched alkanes of at least 4 members (excludes halogenated alkanes) is 17. The van der Waals surface area contributed by atoms with Gasteiger partial charge in [0.1, 0.15) is 6.10 Å². The fourth-order valence-electron chi connectivity index (χ4n) is 5.07. The molecule has 0 radical (unpaired) electrons. The van der Waals surface area contributed by atoms with E-state index in [4.69, 9.17) is 9.84 Å². The summed E-state index contributed by atoms with van der Waals surface area (Å²) in [7, 11) is 0. The van der Waals surface area contributed by atoms with E-state index < -0.39 is 5.97 Å². The summed E-state index contributed by atoms with van der Waals surface area (Å²) >= 11 is 0. The maximum atomic E-state index is 12.3. The van der Waals surface area contributed by atoms with Gasteiger partial charge in [0, 0.05) is 12.8 Å². The molecule has 0 aliphatic heterocycles. The second-order valence-electron chi connectivity index (χ2n) is 11.6. The second-order valence-corrected chi connectivity index (χ2v) is 11.6. The Kier molecular flexibility index (Phi) is 31.2. The molecule has 4 heteroatoms. The van der Waals surface area contributed by atoms with Gasteiger partial charge in [0.25, 0.3) is 0 Å². The van der Waals surface area contributed by atoms with Gasteiger partial charge in [-0.3, -0.25) is 9.59 Å². The number of carboxylic acids is 1. The summed E-state index contributed by atoms with van der Waals surface area (Å²) in [5, 5.41) is 8.64. The number of rotatable bonds is 31. The molecule has 0 fully saturated rings. The van der Waals surface area contributed by atoms with Crippen molar-refractivity contribution in [3.63, 3.8) is 0 Å². The highest BCUT2D eigenvalue weighted by atomic mass is 16.5. The first kappa shape index (κ1) is 39.2. The summed E-state index contributed by atoms with van der Waals surface area (Å²) in [5.74, 6) is -0.676. The lowest BCUT2D eigenvalue weighted by Gasteiger charge is -2.16. The molecule has 0 saturated heterocycles. The number of esters is 1. The predicted octanol–water partition coefficient (Wildman–Crippen LogP) is 11.8. The van der Waals surface area contributed by atoms with Gasteiger partial charge in [0.2, 0.25) is 0 Å². The monoisotopic (exact) mass is 574 g/mol. The highest BCUT2D eigenvalue weighted by molar-refractivity contribution is 5.69. The normalized spacial score (nSPS) is 12.6. The maximum Gasteiger partial charge on any atom is 0.306 e. The van der Waals surface area contributed by atoms with Crippen molar-refractivity contribution in [2.75, 3.05) is 0 Å². The van der Waals surface area contributed by atoms with Gasteiger partial charge in [-0.25, -0.2) is 0 Å². The third-order valence-corrected chi connectivity index (χ3v) is 7.70. The zero-order valence-corrected chi connectivity index (χ0v) is 27.1. The number of carbonyl (C=O) groups excluding carboxylic acids is 1. The van der Waals surface area contributed by atoms with Crippen LogP contribution in [0.4, 0.5) is 0 Å². The van der Waals surface area contributed by atoms with Crippen LogP contribution in [0.2, 0.25) is 0 Å². The molecule has 0 saturated carbocycles. The van der Waals surface area contributed by atoms with E-state index in [1.165, 1.54) is 89.9 Å². The van der Waals surface area contributed by atoms with Crippen LogP contribution in [-0.4, -0.2) is 23.1 Å². The molecule has 0 aromatic heterocycles. The van der Waals surface area contributed by atoms with Crippen molar-refractivity contribution in [3.05, 3.63) is 36.5 Å². The molecule has 1 N–H and O–H groups in total. The molecule has 1 atom stereocenters. The van der Waals surface area contributed by atoms with Crippen LogP contribution in [0.1, 0.15) is 181 Å². The van der Waals surface area contributed by atoms with Gasteiger partial charge >= 0.3 is 11.9 Å².